The van der Waals surface area contributed by atoms with E-state index < -0.39 is 0 Å². The number of aryl methyl sites for hydroxylation is 2. The monoisotopic (exact) mass is 346 g/mol. The van der Waals surface area contributed by atoms with E-state index in [0.717, 1.165) is 58.8 Å². The van der Waals surface area contributed by atoms with E-state index >= 15 is 0 Å². The van der Waals surface area contributed by atoms with Crippen molar-refractivity contribution >= 4 is 0 Å². The van der Waals surface area contributed by atoms with Gasteiger partial charge in [-0.3, -0.25) is 9.80 Å². The predicted octanol–water partition coefficient (Wildman–Crippen LogP) is 2.76. The number of allylic oxidation sites excluding steroid dienone is 1. The number of ether oxygens (including phenoxy) is 1. The molecule has 1 heterocycles. The molecule has 0 bridgehead atoms. The minimum Gasteiger partial charge on any atom is -0.392 e. The van der Waals surface area contributed by atoms with Gasteiger partial charge >= 0.3 is 0 Å². The highest BCUT2D eigenvalue weighted by atomic mass is 16.5. The van der Waals surface area contributed by atoms with Crippen LogP contribution in [0.25, 0.3) is 0 Å². The summed E-state index contributed by atoms with van der Waals surface area (Å²) in [6, 6.07) is 6.63. The molecule has 1 aromatic rings. The van der Waals surface area contributed by atoms with Gasteiger partial charge in [-0.2, -0.15) is 0 Å². The first kappa shape index (κ1) is 20.1. The fourth-order valence-corrected chi connectivity index (χ4v) is 3.25. The first-order valence-electron chi connectivity index (χ1n) is 9.46. The smallest absolute Gasteiger partial charge is 0.0670 e. The van der Waals surface area contributed by atoms with Crippen LogP contribution >= 0.6 is 0 Å². The van der Waals surface area contributed by atoms with Crippen LogP contribution in [0, 0.1) is 13.8 Å². The van der Waals surface area contributed by atoms with Gasteiger partial charge in [0.05, 0.1) is 19.3 Å². The van der Waals surface area contributed by atoms with Gasteiger partial charge in [-0.15, -0.1) is 6.58 Å². The van der Waals surface area contributed by atoms with Gasteiger partial charge in [0.25, 0.3) is 0 Å². The topological polar surface area (TPSA) is 35.9 Å². The average molecular weight is 347 g/mol. The molecular weight excluding hydrogens is 312 g/mol. The first-order valence-corrected chi connectivity index (χ1v) is 9.46. The first-order chi connectivity index (χ1) is 12.1. The quantitative estimate of drug-likeness (QED) is 0.661. The molecule has 0 spiro atoms. The molecule has 1 N–H and O–H groups in total. The summed E-state index contributed by atoms with van der Waals surface area (Å²) in [5.41, 5.74) is 3.97. The Hall–Kier alpha value is -1.20. The third kappa shape index (κ3) is 7.28. The van der Waals surface area contributed by atoms with Gasteiger partial charge in [0.1, 0.15) is 0 Å². The van der Waals surface area contributed by atoms with Crippen molar-refractivity contribution in [2.75, 3.05) is 45.9 Å². The van der Waals surface area contributed by atoms with Crippen molar-refractivity contribution < 1.29 is 9.84 Å². The molecular formula is C21H34N2O2. The van der Waals surface area contributed by atoms with E-state index in [9.17, 15) is 5.11 Å². The number of hydrogen-bond donors (Lipinski definition) is 1. The summed E-state index contributed by atoms with van der Waals surface area (Å²) >= 11 is 0. The number of aliphatic hydroxyl groups excluding tert-OH is 1. The summed E-state index contributed by atoms with van der Waals surface area (Å²) in [6.45, 7) is 15.4. The largest absolute Gasteiger partial charge is 0.392 e. The van der Waals surface area contributed by atoms with Gasteiger partial charge < -0.3 is 9.84 Å². The van der Waals surface area contributed by atoms with Crippen LogP contribution in [0.2, 0.25) is 0 Å². The molecule has 0 aliphatic carbocycles. The normalized spacial score (nSPS) is 17.0. The number of aliphatic hydroxyl groups is 1. The maximum atomic E-state index is 10.4. The van der Waals surface area contributed by atoms with Gasteiger partial charge in [0.2, 0.25) is 0 Å². The molecule has 25 heavy (non-hydrogen) atoms. The van der Waals surface area contributed by atoms with E-state index in [2.05, 4.69) is 48.4 Å². The molecule has 2 rings (SSSR count). The van der Waals surface area contributed by atoms with E-state index in [1.807, 2.05) is 6.08 Å². The van der Waals surface area contributed by atoms with Crippen molar-refractivity contribution in [3.63, 3.8) is 0 Å². The zero-order valence-corrected chi connectivity index (χ0v) is 15.9. The van der Waals surface area contributed by atoms with Crippen molar-refractivity contribution in [2.24, 2.45) is 0 Å². The Morgan fingerprint density at radius 2 is 2.08 bits per heavy atom. The molecule has 140 valence electrons. The molecule has 4 nitrogen and oxygen atoms in total. The average Bonchev–Trinajstić information content (AvgIpc) is 2.62. The molecule has 0 amide bonds. The minimum absolute atomic E-state index is 0.298. The van der Waals surface area contributed by atoms with Gasteiger partial charge in [-0.25, -0.2) is 0 Å². The SMILES string of the molecule is C=CCCC(O)CN(CCN1CCOCC1)Cc1cc(C)ccc1C. The van der Waals surface area contributed by atoms with Crippen LogP contribution in [0.5, 0.6) is 0 Å². The van der Waals surface area contributed by atoms with Crippen molar-refractivity contribution in [3.05, 3.63) is 47.5 Å². The summed E-state index contributed by atoms with van der Waals surface area (Å²) in [5.74, 6) is 0. The Morgan fingerprint density at radius 1 is 1.32 bits per heavy atom. The molecule has 1 fully saturated rings. The van der Waals surface area contributed by atoms with Crippen molar-refractivity contribution in [3.8, 4) is 0 Å². The molecule has 0 radical (unpaired) electrons. The lowest BCUT2D eigenvalue weighted by Crippen LogP contribution is -2.43. The zero-order chi connectivity index (χ0) is 18.1. The maximum Gasteiger partial charge on any atom is 0.0670 e. The molecule has 1 aromatic carbocycles. The van der Waals surface area contributed by atoms with Crippen molar-refractivity contribution in [2.45, 2.75) is 39.3 Å². The summed E-state index contributed by atoms with van der Waals surface area (Å²) in [4.78, 5) is 4.85. The molecule has 1 aliphatic heterocycles. The fourth-order valence-electron chi connectivity index (χ4n) is 3.25. The minimum atomic E-state index is -0.298. The van der Waals surface area contributed by atoms with E-state index in [-0.39, 0.29) is 6.10 Å². The second-order valence-corrected chi connectivity index (χ2v) is 7.14. The molecule has 1 saturated heterocycles. The Labute approximate surface area is 153 Å². The Balaban J connectivity index is 1.96. The summed E-state index contributed by atoms with van der Waals surface area (Å²) in [6.07, 6.45) is 3.23. The maximum absolute atomic E-state index is 10.4. The Morgan fingerprint density at radius 3 is 2.80 bits per heavy atom. The van der Waals surface area contributed by atoms with Crippen molar-refractivity contribution in [1.82, 2.24) is 9.80 Å². The van der Waals surface area contributed by atoms with Gasteiger partial charge in [-0.05, 0) is 37.8 Å². The third-order valence-electron chi connectivity index (χ3n) is 4.91. The molecule has 1 unspecified atom stereocenters. The van der Waals surface area contributed by atoms with Crippen LogP contribution in [0.3, 0.4) is 0 Å². The number of benzene rings is 1. The molecule has 0 saturated carbocycles. The van der Waals surface area contributed by atoms with E-state index in [1.54, 1.807) is 0 Å². The second-order valence-electron chi connectivity index (χ2n) is 7.14. The van der Waals surface area contributed by atoms with Gasteiger partial charge in [-0.1, -0.05) is 29.8 Å². The van der Waals surface area contributed by atoms with Gasteiger partial charge in [0.15, 0.2) is 0 Å². The van der Waals surface area contributed by atoms with Crippen molar-refractivity contribution in [1.29, 1.82) is 0 Å². The number of morpholine rings is 1. The number of hydrogen-bond acceptors (Lipinski definition) is 4. The lowest BCUT2D eigenvalue weighted by Gasteiger charge is -2.31. The van der Waals surface area contributed by atoms with Crippen LogP contribution < -0.4 is 0 Å². The molecule has 1 aliphatic rings. The fraction of sp³-hybridized carbons (Fsp3) is 0.619. The Bertz CT molecular complexity index is 527. The van der Waals surface area contributed by atoms with Crippen LogP contribution in [-0.4, -0.2) is 66.9 Å². The van der Waals surface area contributed by atoms with Crippen LogP contribution in [0.1, 0.15) is 29.5 Å². The molecule has 1 atom stereocenters. The standard InChI is InChI=1S/C21H34N2O2/c1-4-5-6-21(24)17-23(10-9-22-11-13-25-14-12-22)16-20-15-18(2)7-8-19(20)3/h4,7-8,15,21,24H,1,5-6,9-14,16-17H2,2-3H3. The lowest BCUT2D eigenvalue weighted by atomic mass is 10.0. The number of nitrogens with zero attached hydrogens (tertiary/aromatic N) is 2. The van der Waals surface area contributed by atoms with E-state index in [4.69, 9.17) is 4.74 Å². The highest BCUT2D eigenvalue weighted by Crippen LogP contribution is 2.14. The highest BCUT2D eigenvalue weighted by molar-refractivity contribution is 5.30. The van der Waals surface area contributed by atoms with E-state index in [1.165, 1.54) is 16.7 Å². The third-order valence-corrected chi connectivity index (χ3v) is 4.91. The van der Waals surface area contributed by atoms with E-state index in [0.29, 0.717) is 6.54 Å². The second kappa shape index (κ2) is 10.7. The number of rotatable bonds is 10. The zero-order valence-electron chi connectivity index (χ0n) is 15.9. The summed E-state index contributed by atoms with van der Waals surface area (Å²) < 4.78 is 5.44. The molecule has 0 aromatic heterocycles. The predicted molar refractivity (Wildman–Crippen MR) is 104 cm³/mol. The summed E-state index contributed by atoms with van der Waals surface area (Å²) in [5, 5.41) is 10.4. The van der Waals surface area contributed by atoms with Crippen LogP contribution in [-0.2, 0) is 11.3 Å². The van der Waals surface area contributed by atoms with Crippen LogP contribution in [0.15, 0.2) is 30.9 Å². The summed E-state index contributed by atoms with van der Waals surface area (Å²) in [7, 11) is 0. The molecule has 4 heteroatoms. The van der Waals surface area contributed by atoms with Crippen LogP contribution in [0.4, 0.5) is 0 Å². The Kier molecular flexibility index (Phi) is 8.62. The highest BCUT2D eigenvalue weighted by Gasteiger charge is 2.16. The van der Waals surface area contributed by atoms with Gasteiger partial charge in [0, 0.05) is 39.3 Å². The lowest BCUT2D eigenvalue weighted by molar-refractivity contribution is 0.0288.